The zero-order valence-electron chi connectivity index (χ0n) is 9.45. The van der Waals surface area contributed by atoms with E-state index < -0.39 is 0 Å². The van der Waals surface area contributed by atoms with Crippen molar-refractivity contribution in [1.82, 2.24) is 20.2 Å². The first-order valence-corrected chi connectivity index (χ1v) is 5.05. The van der Waals surface area contributed by atoms with Gasteiger partial charge in [0.1, 0.15) is 0 Å². The standard InChI is InChI=1S/C10H18N4O/c1-8(2)13-10(15)6-11-4-9-5-12-7-14(9)3/h5,7-8,11H,4,6H2,1-3H3,(H,13,15). The first-order valence-electron chi connectivity index (χ1n) is 5.05. The van der Waals surface area contributed by atoms with Gasteiger partial charge < -0.3 is 15.2 Å². The van der Waals surface area contributed by atoms with E-state index in [1.807, 2.05) is 25.5 Å². The predicted octanol–water partition coefficient (Wildman–Crippen LogP) is 0.0343. The van der Waals surface area contributed by atoms with Gasteiger partial charge >= 0.3 is 0 Å². The van der Waals surface area contributed by atoms with E-state index >= 15 is 0 Å². The Kier molecular flexibility index (Phi) is 4.30. The molecule has 0 aromatic carbocycles. The smallest absolute Gasteiger partial charge is 0.234 e. The van der Waals surface area contributed by atoms with Crippen LogP contribution in [0.5, 0.6) is 0 Å². The minimum Gasteiger partial charge on any atom is -0.353 e. The van der Waals surface area contributed by atoms with Crippen LogP contribution in [0.3, 0.4) is 0 Å². The van der Waals surface area contributed by atoms with Crippen molar-refractivity contribution in [3.8, 4) is 0 Å². The number of nitrogens with zero attached hydrogens (tertiary/aromatic N) is 2. The highest BCUT2D eigenvalue weighted by Gasteiger charge is 2.03. The van der Waals surface area contributed by atoms with Crippen LogP contribution in [-0.4, -0.2) is 28.0 Å². The second kappa shape index (κ2) is 5.50. The van der Waals surface area contributed by atoms with Crippen LogP contribution in [0, 0.1) is 0 Å². The molecule has 0 unspecified atom stereocenters. The first-order chi connectivity index (χ1) is 7.09. The van der Waals surface area contributed by atoms with Crippen LogP contribution in [0.25, 0.3) is 0 Å². The van der Waals surface area contributed by atoms with Gasteiger partial charge in [-0.25, -0.2) is 4.98 Å². The SMILES string of the molecule is CC(C)NC(=O)CNCc1cncn1C. The zero-order chi connectivity index (χ0) is 11.3. The highest BCUT2D eigenvalue weighted by Crippen LogP contribution is 1.94. The van der Waals surface area contributed by atoms with E-state index in [1.54, 1.807) is 12.5 Å². The minimum atomic E-state index is 0.0205. The summed E-state index contributed by atoms with van der Waals surface area (Å²) in [4.78, 5) is 15.3. The number of aromatic nitrogens is 2. The lowest BCUT2D eigenvalue weighted by Gasteiger charge is -2.09. The van der Waals surface area contributed by atoms with Gasteiger partial charge in [-0.05, 0) is 13.8 Å². The molecule has 1 heterocycles. The molecule has 0 aliphatic heterocycles. The summed E-state index contributed by atoms with van der Waals surface area (Å²) in [5.41, 5.74) is 1.06. The zero-order valence-corrected chi connectivity index (χ0v) is 9.45. The van der Waals surface area contributed by atoms with Gasteiger partial charge in [-0.1, -0.05) is 0 Å². The van der Waals surface area contributed by atoms with E-state index in [0.29, 0.717) is 13.1 Å². The first kappa shape index (κ1) is 11.7. The summed E-state index contributed by atoms with van der Waals surface area (Å²) in [5.74, 6) is 0.0205. The molecule has 0 fully saturated rings. The van der Waals surface area contributed by atoms with Gasteiger partial charge in [0.15, 0.2) is 0 Å². The summed E-state index contributed by atoms with van der Waals surface area (Å²) in [6.45, 7) is 4.88. The summed E-state index contributed by atoms with van der Waals surface area (Å²) in [7, 11) is 1.93. The topological polar surface area (TPSA) is 59.0 Å². The number of nitrogens with one attached hydrogen (secondary N) is 2. The van der Waals surface area contributed by atoms with Gasteiger partial charge in [0.2, 0.25) is 5.91 Å². The number of hydrogen-bond acceptors (Lipinski definition) is 3. The van der Waals surface area contributed by atoms with Crippen LogP contribution in [0.1, 0.15) is 19.5 Å². The fourth-order valence-corrected chi connectivity index (χ4v) is 1.23. The van der Waals surface area contributed by atoms with Crippen molar-refractivity contribution in [1.29, 1.82) is 0 Å². The summed E-state index contributed by atoms with van der Waals surface area (Å²) >= 11 is 0. The van der Waals surface area contributed by atoms with E-state index in [2.05, 4.69) is 15.6 Å². The lowest BCUT2D eigenvalue weighted by atomic mass is 10.4. The van der Waals surface area contributed by atoms with E-state index in [1.165, 1.54) is 0 Å². The van der Waals surface area contributed by atoms with Crippen LogP contribution in [0.2, 0.25) is 0 Å². The van der Waals surface area contributed by atoms with Crippen molar-refractivity contribution in [3.05, 3.63) is 18.2 Å². The van der Waals surface area contributed by atoms with E-state index in [4.69, 9.17) is 0 Å². The largest absolute Gasteiger partial charge is 0.353 e. The Morgan fingerprint density at radius 1 is 1.60 bits per heavy atom. The molecule has 1 amide bonds. The molecule has 5 heteroatoms. The number of hydrogen-bond donors (Lipinski definition) is 2. The lowest BCUT2D eigenvalue weighted by molar-refractivity contribution is -0.120. The maximum Gasteiger partial charge on any atom is 0.234 e. The molecule has 0 aliphatic rings. The molecule has 1 rings (SSSR count). The molecule has 0 saturated carbocycles. The Balaban J connectivity index is 2.22. The highest BCUT2D eigenvalue weighted by atomic mass is 16.1. The molecule has 5 nitrogen and oxygen atoms in total. The van der Waals surface area contributed by atoms with Crippen molar-refractivity contribution in [2.45, 2.75) is 26.4 Å². The van der Waals surface area contributed by atoms with Crippen molar-refractivity contribution < 1.29 is 4.79 Å². The van der Waals surface area contributed by atoms with E-state index in [9.17, 15) is 4.79 Å². The number of rotatable bonds is 5. The van der Waals surface area contributed by atoms with Crippen molar-refractivity contribution in [3.63, 3.8) is 0 Å². The molecule has 0 atom stereocenters. The highest BCUT2D eigenvalue weighted by molar-refractivity contribution is 5.78. The van der Waals surface area contributed by atoms with Gasteiger partial charge in [-0.3, -0.25) is 4.79 Å². The fraction of sp³-hybridized carbons (Fsp3) is 0.600. The molecule has 1 aromatic rings. The van der Waals surface area contributed by atoms with Crippen molar-refractivity contribution in [2.24, 2.45) is 7.05 Å². The number of amides is 1. The van der Waals surface area contributed by atoms with Gasteiger partial charge in [0.25, 0.3) is 0 Å². The van der Waals surface area contributed by atoms with Crippen LogP contribution in [0.4, 0.5) is 0 Å². The normalized spacial score (nSPS) is 10.7. The number of imidazole rings is 1. The van der Waals surface area contributed by atoms with Crippen LogP contribution in [-0.2, 0) is 18.4 Å². The molecule has 15 heavy (non-hydrogen) atoms. The molecule has 2 N–H and O–H groups in total. The molecule has 0 aliphatic carbocycles. The summed E-state index contributed by atoms with van der Waals surface area (Å²) in [6.07, 6.45) is 3.53. The second-order valence-electron chi connectivity index (χ2n) is 3.82. The average molecular weight is 210 g/mol. The van der Waals surface area contributed by atoms with Crippen molar-refractivity contribution >= 4 is 5.91 Å². The second-order valence-corrected chi connectivity index (χ2v) is 3.82. The summed E-state index contributed by atoms with van der Waals surface area (Å²) in [6, 6.07) is 0.191. The number of carbonyl (C=O) groups is 1. The summed E-state index contributed by atoms with van der Waals surface area (Å²) < 4.78 is 1.92. The molecule has 0 radical (unpaired) electrons. The Bertz CT molecular complexity index is 319. The summed E-state index contributed by atoms with van der Waals surface area (Å²) in [5, 5.41) is 5.87. The molecule has 84 valence electrons. The number of aryl methyl sites for hydroxylation is 1. The van der Waals surface area contributed by atoms with Crippen LogP contribution < -0.4 is 10.6 Å². The maximum atomic E-state index is 11.3. The van der Waals surface area contributed by atoms with Gasteiger partial charge in [0, 0.05) is 25.8 Å². The van der Waals surface area contributed by atoms with Crippen LogP contribution >= 0.6 is 0 Å². The molecule has 0 spiro atoms. The van der Waals surface area contributed by atoms with Gasteiger partial charge in [0.05, 0.1) is 18.6 Å². The van der Waals surface area contributed by atoms with E-state index in [-0.39, 0.29) is 11.9 Å². The fourth-order valence-electron chi connectivity index (χ4n) is 1.23. The molecule has 0 bridgehead atoms. The maximum absolute atomic E-state index is 11.3. The third-order valence-corrected chi connectivity index (χ3v) is 1.96. The van der Waals surface area contributed by atoms with Gasteiger partial charge in [-0.2, -0.15) is 0 Å². The molecular weight excluding hydrogens is 192 g/mol. The van der Waals surface area contributed by atoms with Crippen LogP contribution in [0.15, 0.2) is 12.5 Å². The number of carbonyl (C=O) groups excluding carboxylic acids is 1. The lowest BCUT2D eigenvalue weighted by Crippen LogP contribution is -2.37. The average Bonchev–Trinajstić information content (AvgIpc) is 2.50. The predicted molar refractivity (Wildman–Crippen MR) is 58.2 cm³/mol. The third kappa shape index (κ3) is 4.12. The minimum absolute atomic E-state index is 0.0205. The molecule has 0 saturated heterocycles. The Hall–Kier alpha value is -1.36. The van der Waals surface area contributed by atoms with Crippen molar-refractivity contribution in [2.75, 3.05) is 6.54 Å². The Morgan fingerprint density at radius 2 is 2.33 bits per heavy atom. The molecule has 1 aromatic heterocycles. The Morgan fingerprint density at radius 3 is 2.87 bits per heavy atom. The quantitative estimate of drug-likeness (QED) is 0.721. The van der Waals surface area contributed by atoms with E-state index in [0.717, 1.165) is 5.69 Å². The monoisotopic (exact) mass is 210 g/mol. The third-order valence-electron chi connectivity index (χ3n) is 1.96. The van der Waals surface area contributed by atoms with Gasteiger partial charge in [-0.15, -0.1) is 0 Å². The Labute approximate surface area is 89.9 Å². The molecular formula is C10H18N4O.